The third kappa shape index (κ3) is 6.36. The maximum absolute atomic E-state index is 14.0. The maximum atomic E-state index is 14.0. The van der Waals surface area contributed by atoms with E-state index in [-0.39, 0.29) is 31.5 Å². The topological polar surface area (TPSA) is 141 Å². The normalized spacial score (nSPS) is 19.6. The zero-order valence-corrected chi connectivity index (χ0v) is 23.0. The number of azide groups is 1. The van der Waals surface area contributed by atoms with Gasteiger partial charge in [0.05, 0.1) is 13.2 Å². The van der Waals surface area contributed by atoms with Crippen LogP contribution in [0.4, 0.5) is 0 Å². The number of benzene rings is 3. The fraction of sp³-hybridized carbons (Fsp3) is 0.355. The number of carbonyl (C=O) groups excluding carboxylic acids is 1. The molecule has 2 atom stereocenters. The third-order valence-electron chi connectivity index (χ3n) is 7.65. The molecule has 0 aromatic heterocycles. The molecule has 3 N–H and O–H groups in total. The fourth-order valence-corrected chi connectivity index (χ4v) is 5.36. The Hall–Kier alpha value is -4.37. The molecule has 0 fully saturated rings. The van der Waals surface area contributed by atoms with Gasteiger partial charge in [-0.1, -0.05) is 53.6 Å². The van der Waals surface area contributed by atoms with E-state index in [0.717, 1.165) is 29.5 Å². The van der Waals surface area contributed by atoms with Crippen LogP contribution in [0.5, 0.6) is 5.75 Å². The molecule has 0 saturated heterocycles. The Kier molecular flexibility index (Phi) is 8.84. The van der Waals surface area contributed by atoms with Crippen LogP contribution < -0.4 is 15.6 Å². The molecular formula is C31H34N6O4. The summed E-state index contributed by atoms with van der Waals surface area (Å²) in [5, 5.41) is 12.7. The van der Waals surface area contributed by atoms with Crippen LogP contribution in [-0.2, 0) is 35.3 Å². The minimum atomic E-state index is -1.27. The summed E-state index contributed by atoms with van der Waals surface area (Å²) < 4.78 is 11.9. The average Bonchev–Trinajstić information content (AvgIpc) is 3.57. The monoisotopic (exact) mass is 554 g/mol. The number of fused-ring (bicyclic) bond motifs is 1. The predicted molar refractivity (Wildman–Crippen MR) is 155 cm³/mol. The van der Waals surface area contributed by atoms with Crippen LogP contribution in [0, 0.1) is 0 Å². The lowest BCUT2D eigenvalue weighted by Gasteiger charge is -2.29. The number of aliphatic imine (C=N–C) groups is 1. The third-order valence-corrected chi connectivity index (χ3v) is 7.65. The van der Waals surface area contributed by atoms with Gasteiger partial charge in [-0.15, -0.1) is 0 Å². The lowest BCUT2D eigenvalue weighted by atomic mass is 9.84. The van der Waals surface area contributed by atoms with E-state index in [1.165, 1.54) is 11.1 Å². The number of hydrazine groups is 1. The van der Waals surface area contributed by atoms with Crippen molar-refractivity contribution >= 4 is 11.8 Å². The lowest BCUT2D eigenvalue weighted by molar-refractivity contribution is -0.129. The summed E-state index contributed by atoms with van der Waals surface area (Å²) in [6.07, 6.45) is 1.88. The van der Waals surface area contributed by atoms with Crippen LogP contribution in [0.1, 0.15) is 41.2 Å². The fourth-order valence-electron chi connectivity index (χ4n) is 5.36. The SMILES string of the molecule is C[C@@H]1OC(c2ccc(OCCCO)cc2)=N[C@]1(Cc1ccccc1CN=[N+]=[N-])C(=O)NNC1Cc2ccccc2C1. The molecular weight excluding hydrogens is 520 g/mol. The van der Waals surface area contributed by atoms with E-state index in [9.17, 15) is 4.79 Å². The summed E-state index contributed by atoms with van der Waals surface area (Å²) in [5.74, 6) is 0.750. The van der Waals surface area contributed by atoms with Crippen LogP contribution in [-0.4, -0.2) is 47.8 Å². The molecule has 1 aliphatic heterocycles. The minimum absolute atomic E-state index is 0.0687. The number of aliphatic hydroxyl groups is 1. The van der Waals surface area contributed by atoms with Crippen LogP contribution in [0.25, 0.3) is 10.4 Å². The Balaban J connectivity index is 1.40. The quantitative estimate of drug-likeness (QED) is 0.101. The van der Waals surface area contributed by atoms with E-state index in [1.54, 1.807) is 0 Å². The molecule has 41 heavy (non-hydrogen) atoms. The lowest BCUT2D eigenvalue weighted by Crippen LogP contribution is -2.57. The Morgan fingerprint density at radius 3 is 2.46 bits per heavy atom. The molecule has 2 aliphatic rings. The molecule has 0 spiro atoms. The van der Waals surface area contributed by atoms with Crippen molar-refractivity contribution in [2.24, 2.45) is 10.1 Å². The van der Waals surface area contributed by atoms with Gasteiger partial charge in [-0.3, -0.25) is 10.2 Å². The first-order valence-electron chi connectivity index (χ1n) is 13.8. The van der Waals surface area contributed by atoms with Gasteiger partial charge >= 0.3 is 0 Å². The predicted octanol–water partition coefficient (Wildman–Crippen LogP) is 4.19. The number of ether oxygens (including phenoxy) is 2. The molecule has 0 saturated carbocycles. The second-order valence-corrected chi connectivity index (χ2v) is 10.4. The first kappa shape index (κ1) is 28.2. The summed E-state index contributed by atoms with van der Waals surface area (Å²) >= 11 is 0. The minimum Gasteiger partial charge on any atom is -0.494 e. The smallest absolute Gasteiger partial charge is 0.266 e. The number of amides is 1. The molecule has 3 aromatic carbocycles. The van der Waals surface area contributed by atoms with Crippen LogP contribution in [0.15, 0.2) is 82.9 Å². The highest BCUT2D eigenvalue weighted by Crippen LogP contribution is 2.34. The van der Waals surface area contributed by atoms with Crippen LogP contribution in [0.3, 0.4) is 0 Å². The Bertz CT molecular complexity index is 1430. The van der Waals surface area contributed by atoms with E-state index in [4.69, 9.17) is 25.1 Å². The van der Waals surface area contributed by atoms with E-state index in [1.807, 2.05) is 67.6 Å². The number of hydrogen-bond donors (Lipinski definition) is 3. The molecule has 3 aromatic rings. The molecule has 0 radical (unpaired) electrons. The van der Waals surface area contributed by atoms with Gasteiger partial charge in [0.15, 0.2) is 5.54 Å². The van der Waals surface area contributed by atoms with Crippen molar-refractivity contribution in [3.05, 3.63) is 111 Å². The van der Waals surface area contributed by atoms with Crippen molar-refractivity contribution in [3.63, 3.8) is 0 Å². The molecule has 1 amide bonds. The van der Waals surface area contributed by atoms with E-state index < -0.39 is 11.6 Å². The number of hydrogen-bond acceptors (Lipinski definition) is 7. The highest BCUT2D eigenvalue weighted by Gasteiger charge is 2.50. The highest BCUT2D eigenvalue weighted by molar-refractivity contribution is 6.00. The molecule has 1 aliphatic carbocycles. The second-order valence-electron chi connectivity index (χ2n) is 10.4. The Labute approximate surface area is 239 Å². The van der Waals surface area contributed by atoms with Crippen LogP contribution in [0.2, 0.25) is 0 Å². The highest BCUT2D eigenvalue weighted by atomic mass is 16.5. The standard InChI is InChI=1S/C31H34N6O4/c1-21-31(19-25-9-4-5-10-26(25)20-33-37-32,30(39)36-35-27-17-23-7-2-3-8-24(23)18-27)34-29(41-21)22-11-13-28(14-12-22)40-16-6-15-38/h2-5,7-14,21,27,35,38H,6,15-20H2,1H3,(H,36,39)/t21-,31-/m0/s1. The van der Waals surface area contributed by atoms with Crippen molar-refractivity contribution < 1.29 is 19.4 Å². The van der Waals surface area contributed by atoms with Crippen molar-refractivity contribution in [2.75, 3.05) is 13.2 Å². The van der Waals surface area contributed by atoms with Crippen molar-refractivity contribution in [3.8, 4) is 5.75 Å². The summed E-state index contributed by atoms with van der Waals surface area (Å²) in [6.45, 7) is 2.51. The van der Waals surface area contributed by atoms with Gasteiger partial charge in [-0.05, 0) is 71.8 Å². The van der Waals surface area contributed by atoms with Gasteiger partial charge in [-0.25, -0.2) is 10.4 Å². The zero-order valence-electron chi connectivity index (χ0n) is 23.0. The molecule has 0 unspecified atom stereocenters. The van der Waals surface area contributed by atoms with Gasteiger partial charge in [0.2, 0.25) is 5.90 Å². The number of nitrogens with zero attached hydrogens (tertiary/aromatic N) is 4. The number of nitrogens with one attached hydrogen (secondary N) is 2. The molecule has 10 nitrogen and oxygen atoms in total. The van der Waals surface area contributed by atoms with Gasteiger partial charge in [0, 0.05) is 36.0 Å². The second kappa shape index (κ2) is 12.9. The number of rotatable bonds is 12. The first-order chi connectivity index (χ1) is 20.0. The van der Waals surface area contributed by atoms with Gasteiger partial charge in [0.1, 0.15) is 11.9 Å². The molecule has 10 heteroatoms. The van der Waals surface area contributed by atoms with E-state index in [0.29, 0.717) is 24.7 Å². The summed E-state index contributed by atoms with van der Waals surface area (Å²) in [4.78, 5) is 21.9. The van der Waals surface area contributed by atoms with Gasteiger partial charge in [-0.2, -0.15) is 0 Å². The average molecular weight is 555 g/mol. The number of aliphatic hydroxyl groups excluding tert-OH is 1. The maximum Gasteiger partial charge on any atom is 0.266 e. The summed E-state index contributed by atoms with van der Waals surface area (Å²) in [5.41, 5.74) is 18.8. The van der Waals surface area contributed by atoms with Crippen molar-refractivity contribution in [2.45, 2.75) is 56.8 Å². The zero-order chi connectivity index (χ0) is 28.7. The largest absolute Gasteiger partial charge is 0.494 e. The van der Waals surface area contributed by atoms with Crippen molar-refractivity contribution in [1.82, 2.24) is 10.9 Å². The Morgan fingerprint density at radius 1 is 1.10 bits per heavy atom. The summed E-state index contributed by atoms with van der Waals surface area (Å²) in [7, 11) is 0. The van der Waals surface area contributed by atoms with Crippen molar-refractivity contribution in [1.29, 1.82) is 0 Å². The van der Waals surface area contributed by atoms with Crippen LogP contribution >= 0.6 is 0 Å². The molecule has 0 bridgehead atoms. The molecule has 212 valence electrons. The summed E-state index contributed by atoms with van der Waals surface area (Å²) in [6, 6.07) is 23.3. The van der Waals surface area contributed by atoms with Gasteiger partial charge < -0.3 is 14.6 Å². The number of carbonyl (C=O) groups is 1. The van der Waals surface area contributed by atoms with Gasteiger partial charge in [0.25, 0.3) is 5.91 Å². The first-order valence-corrected chi connectivity index (χ1v) is 13.8. The van der Waals surface area contributed by atoms with E-state index in [2.05, 4.69) is 33.0 Å². The molecule has 1 heterocycles. The Morgan fingerprint density at radius 2 is 1.78 bits per heavy atom. The van der Waals surface area contributed by atoms with E-state index >= 15 is 0 Å². The molecule has 5 rings (SSSR count).